The summed E-state index contributed by atoms with van der Waals surface area (Å²) >= 11 is 0. The molecule has 0 saturated carbocycles. The molecule has 0 unspecified atom stereocenters. The van der Waals surface area contributed by atoms with E-state index < -0.39 is 0 Å². The Labute approximate surface area is 98.6 Å². The zero-order chi connectivity index (χ0) is 9.66. The summed E-state index contributed by atoms with van der Waals surface area (Å²) in [4.78, 5) is 0. The standard InChI is InChI=1S/2C6H13.Ru/c2*1-3-5-6-4-2;/h2*1,3-6H2,2H3;/q2*-1;+2. The zero-order valence-electron chi connectivity index (χ0n) is 9.42. The van der Waals surface area contributed by atoms with E-state index >= 15 is 0 Å². The van der Waals surface area contributed by atoms with Crippen LogP contribution in [0.2, 0.25) is 0 Å². The molecule has 0 fully saturated rings. The van der Waals surface area contributed by atoms with E-state index in [2.05, 4.69) is 27.7 Å². The Balaban J connectivity index is -0.000000143. The normalized spacial score (nSPS) is 8.31. The molecule has 0 atom stereocenters. The zero-order valence-corrected chi connectivity index (χ0v) is 11.2. The van der Waals surface area contributed by atoms with Crippen molar-refractivity contribution < 1.29 is 19.5 Å². The van der Waals surface area contributed by atoms with E-state index in [0.717, 1.165) is 12.8 Å². The Bertz CT molecular complexity index is 37.1. The fourth-order valence-corrected chi connectivity index (χ4v) is 0.854. The molecule has 0 saturated heterocycles. The van der Waals surface area contributed by atoms with Crippen molar-refractivity contribution in [1.29, 1.82) is 0 Å². The van der Waals surface area contributed by atoms with Gasteiger partial charge in [-0.1, -0.05) is 52.4 Å². The van der Waals surface area contributed by atoms with Gasteiger partial charge in [-0.15, -0.1) is 0 Å². The molecule has 82 valence electrons. The van der Waals surface area contributed by atoms with Gasteiger partial charge in [0.05, 0.1) is 0 Å². The predicted molar refractivity (Wildman–Crippen MR) is 59.0 cm³/mol. The molecule has 0 rings (SSSR count). The van der Waals surface area contributed by atoms with Crippen LogP contribution in [0, 0.1) is 13.8 Å². The van der Waals surface area contributed by atoms with E-state index in [1.165, 1.54) is 38.5 Å². The molecular formula is C12H26Ru. The largest absolute Gasteiger partial charge is 2.00 e. The molecule has 0 heterocycles. The summed E-state index contributed by atoms with van der Waals surface area (Å²) in [5.41, 5.74) is 0. The fraction of sp³-hybridized carbons (Fsp3) is 0.833. The number of hydrogen-bond acceptors (Lipinski definition) is 0. The van der Waals surface area contributed by atoms with Crippen LogP contribution in [0.1, 0.15) is 65.2 Å². The molecule has 0 aromatic rings. The second-order valence-electron chi connectivity index (χ2n) is 3.12. The molecule has 0 aliphatic rings. The molecule has 0 spiro atoms. The quantitative estimate of drug-likeness (QED) is 0.370. The van der Waals surface area contributed by atoms with Crippen LogP contribution >= 0.6 is 0 Å². The van der Waals surface area contributed by atoms with Gasteiger partial charge in [0.1, 0.15) is 0 Å². The minimum absolute atomic E-state index is 0. The molecule has 0 aromatic heterocycles. The van der Waals surface area contributed by atoms with Gasteiger partial charge >= 0.3 is 19.5 Å². The van der Waals surface area contributed by atoms with Gasteiger partial charge in [0.2, 0.25) is 0 Å². The van der Waals surface area contributed by atoms with Crippen LogP contribution in [0.5, 0.6) is 0 Å². The summed E-state index contributed by atoms with van der Waals surface area (Å²) in [6.45, 7) is 11.9. The van der Waals surface area contributed by atoms with Crippen LogP contribution in [0.3, 0.4) is 0 Å². The maximum Gasteiger partial charge on any atom is 2.00 e. The smallest absolute Gasteiger partial charge is 0.343 e. The maximum absolute atomic E-state index is 3.72. The average molecular weight is 271 g/mol. The minimum Gasteiger partial charge on any atom is -0.343 e. The van der Waals surface area contributed by atoms with Gasteiger partial charge in [0, 0.05) is 0 Å². The first-order valence-corrected chi connectivity index (χ1v) is 5.41. The topological polar surface area (TPSA) is 0 Å². The summed E-state index contributed by atoms with van der Waals surface area (Å²) in [6.07, 6.45) is 10.1. The first-order valence-electron chi connectivity index (χ1n) is 5.41. The van der Waals surface area contributed by atoms with E-state index in [-0.39, 0.29) is 19.5 Å². The average Bonchev–Trinajstić information content (AvgIpc) is 2.12. The Morgan fingerprint density at radius 3 is 1.08 bits per heavy atom. The number of rotatable bonds is 6. The SMILES string of the molecule is [CH2-]CCCCC.[CH2-]CCCCC.[Ru+2]. The molecule has 0 aliphatic heterocycles. The second kappa shape index (κ2) is 22.9. The molecule has 13 heavy (non-hydrogen) atoms. The predicted octanol–water partition coefficient (Wildman–Crippen LogP) is 4.80. The van der Waals surface area contributed by atoms with Gasteiger partial charge < -0.3 is 13.8 Å². The number of unbranched alkanes of at least 4 members (excludes halogenated alkanes) is 6. The van der Waals surface area contributed by atoms with Crippen LogP contribution in [0.15, 0.2) is 0 Å². The van der Waals surface area contributed by atoms with Crippen LogP contribution in [-0.4, -0.2) is 0 Å². The van der Waals surface area contributed by atoms with Crippen molar-refractivity contribution in [3.05, 3.63) is 13.8 Å². The second-order valence-corrected chi connectivity index (χ2v) is 3.12. The Morgan fingerprint density at radius 2 is 1.00 bits per heavy atom. The van der Waals surface area contributed by atoms with E-state index in [1.807, 2.05) is 0 Å². The summed E-state index contributed by atoms with van der Waals surface area (Å²) < 4.78 is 0. The molecule has 0 radical (unpaired) electrons. The Morgan fingerprint density at radius 1 is 0.692 bits per heavy atom. The Kier molecular flexibility index (Phi) is 33.9. The first-order chi connectivity index (χ1) is 5.83. The third-order valence-corrected chi connectivity index (χ3v) is 1.71. The summed E-state index contributed by atoms with van der Waals surface area (Å²) in [5, 5.41) is 0. The van der Waals surface area contributed by atoms with E-state index in [4.69, 9.17) is 0 Å². The maximum atomic E-state index is 3.72. The van der Waals surface area contributed by atoms with Crippen molar-refractivity contribution in [2.75, 3.05) is 0 Å². The van der Waals surface area contributed by atoms with Crippen molar-refractivity contribution >= 4 is 0 Å². The monoisotopic (exact) mass is 272 g/mol. The molecule has 0 aliphatic carbocycles. The van der Waals surface area contributed by atoms with Gasteiger partial charge in [-0.05, 0) is 0 Å². The third-order valence-electron chi connectivity index (χ3n) is 1.71. The van der Waals surface area contributed by atoms with Gasteiger partial charge in [0.15, 0.2) is 0 Å². The van der Waals surface area contributed by atoms with Crippen LogP contribution < -0.4 is 0 Å². The summed E-state index contributed by atoms with van der Waals surface area (Å²) in [7, 11) is 0. The van der Waals surface area contributed by atoms with Crippen LogP contribution in [0.25, 0.3) is 0 Å². The van der Waals surface area contributed by atoms with Crippen LogP contribution in [-0.2, 0) is 19.5 Å². The van der Waals surface area contributed by atoms with Crippen molar-refractivity contribution in [2.24, 2.45) is 0 Å². The summed E-state index contributed by atoms with van der Waals surface area (Å²) in [6, 6.07) is 0. The van der Waals surface area contributed by atoms with Crippen molar-refractivity contribution in [1.82, 2.24) is 0 Å². The van der Waals surface area contributed by atoms with Gasteiger partial charge in [-0.2, -0.15) is 12.8 Å². The van der Waals surface area contributed by atoms with E-state index in [1.54, 1.807) is 0 Å². The Hall–Kier alpha value is 0.623. The molecule has 0 bridgehead atoms. The molecule has 1 heteroatoms. The van der Waals surface area contributed by atoms with Gasteiger partial charge in [-0.3, -0.25) is 0 Å². The third kappa shape index (κ3) is 32.5. The summed E-state index contributed by atoms with van der Waals surface area (Å²) in [5.74, 6) is 0. The molecule has 0 amide bonds. The van der Waals surface area contributed by atoms with Gasteiger partial charge in [0.25, 0.3) is 0 Å². The van der Waals surface area contributed by atoms with Crippen LogP contribution in [0.4, 0.5) is 0 Å². The molecule has 0 nitrogen and oxygen atoms in total. The van der Waals surface area contributed by atoms with E-state index in [9.17, 15) is 0 Å². The fourth-order valence-electron chi connectivity index (χ4n) is 0.854. The van der Waals surface area contributed by atoms with Crippen molar-refractivity contribution in [3.63, 3.8) is 0 Å². The van der Waals surface area contributed by atoms with Gasteiger partial charge in [-0.25, -0.2) is 0 Å². The van der Waals surface area contributed by atoms with E-state index in [0.29, 0.717) is 0 Å². The molecule has 0 N–H and O–H groups in total. The molecular weight excluding hydrogens is 245 g/mol. The minimum atomic E-state index is 0. The van der Waals surface area contributed by atoms with Crippen molar-refractivity contribution in [2.45, 2.75) is 65.2 Å². The first kappa shape index (κ1) is 19.2. The molecule has 0 aromatic carbocycles. The van der Waals surface area contributed by atoms with Crippen molar-refractivity contribution in [3.8, 4) is 0 Å². The number of hydrogen-bond donors (Lipinski definition) is 0.